The van der Waals surface area contributed by atoms with Crippen molar-refractivity contribution < 1.29 is 13.2 Å². The summed E-state index contributed by atoms with van der Waals surface area (Å²) < 4.78 is 26.9. The van der Waals surface area contributed by atoms with Gasteiger partial charge < -0.3 is 5.32 Å². The number of benzene rings is 3. The van der Waals surface area contributed by atoms with E-state index < -0.39 is 10.0 Å². The average Bonchev–Trinajstić information content (AvgIpc) is 2.76. The molecule has 30 heavy (non-hydrogen) atoms. The summed E-state index contributed by atoms with van der Waals surface area (Å²) in [6, 6.07) is 18.9. The Bertz CT molecular complexity index is 1160. The summed E-state index contributed by atoms with van der Waals surface area (Å²) in [6.07, 6.45) is 1.81. The van der Waals surface area contributed by atoms with Crippen LogP contribution in [0.15, 0.2) is 65.6 Å². The predicted molar refractivity (Wildman–Crippen MR) is 121 cm³/mol. The molecular formula is C24H28N2O3S. The van der Waals surface area contributed by atoms with E-state index in [1.807, 2.05) is 24.3 Å². The zero-order chi connectivity index (χ0) is 21.7. The van der Waals surface area contributed by atoms with Crippen molar-refractivity contribution >= 4 is 26.7 Å². The molecule has 0 heterocycles. The summed E-state index contributed by atoms with van der Waals surface area (Å²) in [4.78, 5) is 12.6. The van der Waals surface area contributed by atoms with Crippen LogP contribution in [0.5, 0.6) is 0 Å². The zero-order valence-electron chi connectivity index (χ0n) is 17.7. The van der Waals surface area contributed by atoms with E-state index in [2.05, 4.69) is 37.4 Å². The highest BCUT2D eigenvalue weighted by Crippen LogP contribution is 2.21. The topological polar surface area (TPSA) is 66.5 Å². The third kappa shape index (κ3) is 4.89. The zero-order valence-corrected chi connectivity index (χ0v) is 18.5. The summed E-state index contributed by atoms with van der Waals surface area (Å²) in [5.74, 6) is -0.328. The molecule has 1 amide bonds. The maximum absolute atomic E-state index is 12.9. The summed E-state index contributed by atoms with van der Waals surface area (Å²) in [5, 5.41) is 4.68. The van der Waals surface area contributed by atoms with Gasteiger partial charge in [-0.1, -0.05) is 62.4 Å². The second kappa shape index (κ2) is 9.41. The van der Waals surface area contributed by atoms with Crippen LogP contribution < -0.4 is 5.32 Å². The first kappa shape index (κ1) is 22.0. The quantitative estimate of drug-likeness (QED) is 0.596. The van der Waals surface area contributed by atoms with Gasteiger partial charge in [-0.25, -0.2) is 8.42 Å². The summed E-state index contributed by atoms with van der Waals surface area (Å²) in [5.41, 5.74) is 3.47. The van der Waals surface area contributed by atoms with Crippen LogP contribution in [0, 0.1) is 0 Å². The number of fused-ring (bicyclic) bond motifs is 1. The fraction of sp³-hybridized carbons (Fsp3) is 0.292. The molecule has 0 spiro atoms. The lowest BCUT2D eigenvalue weighted by molar-refractivity contribution is -0.121. The summed E-state index contributed by atoms with van der Waals surface area (Å²) in [6.45, 7) is 4.33. The van der Waals surface area contributed by atoms with E-state index in [-0.39, 0.29) is 17.3 Å². The SMILES string of the molecule is CCc1ccc(CC)c(CNC(=O)CN(C)S(=O)(=O)c2ccc3ccccc3c2)c1. The number of nitrogens with one attached hydrogen (secondary N) is 1. The van der Waals surface area contributed by atoms with E-state index in [0.29, 0.717) is 6.54 Å². The minimum Gasteiger partial charge on any atom is -0.351 e. The highest BCUT2D eigenvalue weighted by molar-refractivity contribution is 7.89. The number of carbonyl (C=O) groups excluding carboxylic acids is 1. The van der Waals surface area contributed by atoms with Crippen molar-refractivity contribution in [3.63, 3.8) is 0 Å². The molecule has 0 bridgehead atoms. The Morgan fingerprint density at radius 3 is 2.33 bits per heavy atom. The van der Waals surface area contributed by atoms with E-state index >= 15 is 0 Å². The number of nitrogens with zero attached hydrogens (tertiary/aromatic N) is 1. The van der Waals surface area contributed by atoms with Crippen LogP contribution in [0.3, 0.4) is 0 Å². The second-order valence-electron chi connectivity index (χ2n) is 7.36. The molecule has 3 rings (SSSR count). The van der Waals surface area contributed by atoms with E-state index in [4.69, 9.17) is 0 Å². The van der Waals surface area contributed by atoms with Gasteiger partial charge in [-0.05, 0) is 52.4 Å². The Morgan fingerprint density at radius 2 is 1.63 bits per heavy atom. The molecule has 3 aromatic carbocycles. The maximum atomic E-state index is 12.9. The smallest absolute Gasteiger partial charge is 0.243 e. The van der Waals surface area contributed by atoms with Crippen LogP contribution in [-0.2, 0) is 34.2 Å². The van der Waals surface area contributed by atoms with E-state index in [1.54, 1.807) is 18.2 Å². The Hall–Kier alpha value is -2.70. The number of hydrogen-bond acceptors (Lipinski definition) is 3. The van der Waals surface area contributed by atoms with Crippen molar-refractivity contribution in [3.8, 4) is 0 Å². The number of aryl methyl sites for hydroxylation is 2. The van der Waals surface area contributed by atoms with Crippen LogP contribution >= 0.6 is 0 Å². The normalized spacial score (nSPS) is 11.7. The molecule has 0 radical (unpaired) electrons. The van der Waals surface area contributed by atoms with Gasteiger partial charge in [-0.2, -0.15) is 4.31 Å². The lowest BCUT2D eigenvalue weighted by Gasteiger charge is -2.18. The fourth-order valence-electron chi connectivity index (χ4n) is 3.45. The van der Waals surface area contributed by atoms with Crippen molar-refractivity contribution in [1.29, 1.82) is 0 Å². The molecule has 3 aromatic rings. The van der Waals surface area contributed by atoms with Crippen molar-refractivity contribution in [2.24, 2.45) is 0 Å². The number of likely N-dealkylation sites (N-methyl/N-ethyl adjacent to an activating group) is 1. The summed E-state index contributed by atoms with van der Waals surface area (Å²) >= 11 is 0. The number of rotatable bonds is 8. The Morgan fingerprint density at radius 1 is 0.900 bits per heavy atom. The Balaban J connectivity index is 1.68. The highest BCUT2D eigenvalue weighted by atomic mass is 32.2. The second-order valence-corrected chi connectivity index (χ2v) is 9.40. The van der Waals surface area contributed by atoms with Crippen molar-refractivity contribution in [3.05, 3.63) is 77.4 Å². The molecule has 0 saturated heterocycles. The molecule has 0 aliphatic rings. The first-order valence-electron chi connectivity index (χ1n) is 10.2. The van der Waals surface area contributed by atoms with Crippen LogP contribution in [0.1, 0.15) is 30.5 Å². The molecule has 0 aliphatic heterocycles. The Labute approximate surface area is 178 Å². The number of sulfonamides is 1. The molecule has 0 fully saturated rings. The monoisotopic (exact) mass is 424 g/mol. The van der Waals surface area contributed by atoms with Gasteiger partial charge in [0, 0.05) is 13.6 Å². The van der Waals surface area contributed by atoms with Gasteiger partial charge in [-0.15, -0.1) is 0 Å². The van der Waals surface area contributed by atoms with Crippen LogP contribution in [-0.4, -0.2) is 32.2 Å². The number of hydrogen-bond donors (Lipinski definition) is 1. The third-order valence-electron chi connectivity index (χ3n) is 5.33. The van der Waals surface area contributed by atoms with E-state index in [9.17, 15) is 13.2 Å². The molecule has 0 aliphatic carbocycles. The molecule has 0 aromatic heterocycles. The summed E-state index contributed by atoms with van der Waals surface area (Å²) in [7, 11) is -2.33. The molecule has 6 heteroatoms. The first-order chi connectivity index (χ1) is 14.3. The van der Waals surface area contributed by atoms with Crippen molar-refractivity contribution in [2.75, 3.05) is 13.6 Å². The van der Waals surface area contributed by atoms with Gasteiger partial charge in [0.15, 0.2) is 0 Å². The number of amides is 1. The van der Waals surface area contributed by atoms with Gasteiger partial charge in [0.1, 0.15) is 0 Å². The third-order valence-corrected chi connectivity index (χ3v) is 7.13. The lowest BCUT2D eigenvalue weighted by atomic mass is 10.0. The van der Waals surface area contributed by atoms with Crippen LogP contribution in [0.2, 0.25) is 0 Å². The largest absolute Gasteiger partial charge is 0.351 e. The van der Waals surface area contributed by atoms with Gasteiger partial charge in [0.25, 0.3) is 0 Å². The van der Waals surface area contributed by atoms with Gasteiger partial charge in [0.05, 0.1) is 11.4 Å². The first-order valence-corrected chi connectivity index (χ1v) is 11.6. The molecule has 158 valence electrons. The van der Waals surface area contributed by atoms with Crippen molar-refractivity contribution in [1.82, 2.24) is 9.62 Å². The molecular weight excluding hydrogens is 396 g/mol. The van der Waals surface area contributed by atoms with Gasteiger partial charge in [-0.3, -0.25) is 4.79 Å². The minimum atomic E-state index is -3.76. The van der Waals surface area contributed by atoms with Gasteiger partial charge in [0.2, 0.25) is 15.9 Å². The standard InChI is InChI=1S/C24H28N2O3S/c1-4-18-10-11-19(5-2)22(14-18)16-25-24(27)17-26(3)30(28,29)23-13-12-20-8-6-7-9-21(20)15-23/h6-15H,4-5,16-17H2,1-3H3,(H,25,27). The molecule has 0 unspecified atom stereocenters. The minimum absolute atomic E-state index is 0.181. The maximum Gasteiger partial charge on any atom is 0.243 e. The molecule has 5 nitrogen and oxygen atoms in total. The molecule has 1 N–H and O–H groups in total. The fourth-order valence-corrected chi connectivity index (χ4v) is 4.62. The molecule has 0 saturated carbocycles. The van der Waals surface area contributed by atoms with Crippen LogP contribution in [0.4, 0.5) is 0 Å². The van der Waals surface area contributed by atoms with E-state index in [0.717, 1.165) is 33.5 Å². The lowest BCUT2D eigenvalue weighted by Crippen LogP contribution is -2.38. The van der Waals surface area contributed by atoms with E-state index in [1.165, 1.54) is 18.2 Å². The Kier molecular flexibility index (Phi) is 6.90. The molecule has 0 atom stereocenters. The number of carbonyl (C=O) groups is 1. The average molecular weight is 425 g/mol. The van der Waals surface area contributed by atoms with Gasteiger partial charge >= 0.3 is 0 Å². The highest BCUT2D eigenvalue weighted by Gasteiger charge is 2.23. The predicted octanol–water partition coefficient (Wildman–Crippen LogP) is 3.90. The van der Waals surface area contributed by atoms with Crippen molar-refractivity contribution in [2.45, 2.75) is 38.1 Å². The van der Waals surface area contributed by atoms with Crippen LogP contribution in [0.25, 0.3) is 10.8 Å².